The molecule has 0 bridgehead atoms. The molecule has 16 heavy (non-hydrogen) atoms. The molecule has 2 unspecified atom stereocenters. The molecular formula is C13H28N2O. The summed E-state index contributed by atoms with van der Waals surface area (Å²) in [5.41, 5.74) is 0.331. The van der Waals surface area contributed by atoms with Crippen LogP contribution >= 0.6 is 0 Å². The van der Waals surface area contributed by atoms with Gasteiger partial charge in [-0.25, -0.2) is 0 Å². The highest BCUT2D eigenvalue weighted by Crippen LogP contribution is 2.19. The van der Waals surface area contributed by atoms with Gasteiger partial charge in [0.2, 0.25) is 0 Å². The summed E-state index contributed by atoms with van der Waals surface area (Å²) in [7, 11) is 1.77. The van der Waals surface area contributed by atoms with Gasteiger partial charge in [-0.15, -0.1) is 0 Å². The van der Waals surface area contributed by atoms with Crippen LogP contribution < -0.4 is 10.6 Å². The molecular weight excluding hydrogens is 200 g/mol. The van der Waals surface area contributed by atoms with E-state index in [1.165, 1.54) is 13.0 Å². The third-order valence-corrected chi connectivity index (χ3v) is 3.64. The van der Waals surface area contributed by atoms with Gasteiger partial charge in [0.15, 0.2) is 0 Å². The van der Waals surface area contributed by atoms with Gasteiger partial charge < -0.3 is 15.4 Å². The van der Waals surface area contributed by atoms with Crippen molar-refractivity contribution in [1.82, 2.24) is 10.6 Å². The summed E-state index contributed by atoms with van der Waals surface area (Å²) in [6.07, 6.45) is 2.43. The Kier molecular flexibility index (Phi) is 5.73. The fourth-order valence-corrected chi connectivity index (χ4v) is 2.20. The van der Waals surface area contributed by atoms with E-state index in [-0.39, 0.29) is 0 Å². The Hall–Kier alpha value is -0.120. The summed E-state index contributed by atoms with van der Waals surface area (Å²) < 4.78 is 5.13. The summed E-state index contributed by atoms with van der Waals surface area (Å²) in [5.74, 6) is 0.814. The van der Waals surface area contributed by atoms with Crippen LogP contribution in [-0.4, -0.2) is 39.4 Å². The van der Waals surface area contributed by atoms with Gasteiger partial charge in [-0.3, -0.25) is 0 Å². The Morgan fingerprint density at radius 2 is 2.19 bits per heavy atom. The van der Waals surface area contributed by atoms with Crippen molar-refractivity contribution in [2.45, 2.75) is 39.7 Å². The molecule has 1 saturated heterocycles. The summed E-state index contributed by atoms with van der Waals surface area (Å²) in [4.78, 5) is 0. The molecule has 1 aliphatic heterocycles. The van der Waals surface area contributed by atoms with Crippen LogP contribution in [0.5, 0.6) is 0 Å². The van der Waals surface area contributed by atoms with E-state index in [0.717, 1.165) is 32.0 Å². The van der Waals surface area contributed by atoms with Gasteiger partial charge in [0.25, 0.3) is 0 Å². The molecule has 3 nitrogen and oxygen atoms in total. The molecule has 0 aromatic carbocycles. The zero-order chi connectivity index (χ0) is 12.0. The number of rotatable bonds is 7. The van der Waals surface area contributed by atoms with Crippen LogP contribution in [0.2, 0.25) is 0 Å². The van der Waals surface area contributed by atoms with Gasteiger partial charge >= 0.3 is 0 Å². The number of methoxy groups -OCH3 is 1. The SMILES string of the molecule is COCCC(C)(C)CNCC1NCCC1C. The molecule has 0 radical (unpaired) electrons. The van der Waals surface area contributed by atoms with Crippen molar-refractivity contribution in [3.05, 3.63) is 0 Å². The van der Waals surface area contributed by atoms with Crippen LogP contribution in [0.4, 0.5) is 0 Å². The van der Waals surface area contributed by atoms with Crippen LogP contribution in [0.3, 0.4) is 0 Å². The Labute approximate surface area is 100 Å². The molecule has 1 rings (SSSR count). The van der Waals surface area contributed by atoms with Crippen LogP contribution in [0.25, 0.3) is 0 Å². The van der Waals surface area contributed by atoms with Gasteiger partial charge in [-0.1, -0.05) is 20.8 Å². The minimum Gasteiger partial charge on any atom is -0.385 e. The number of ether oxygens (including phenoxy) is 1. The van der Waals surface area contributed by atoms with Gasteiger partial charge in [0, 0.05) is 32.8 Å². The zero-order valence-electron chi connectivity index (χ0n) is 11.3. The van der Waals surface area contributed by atoms with Gasteiger partial charge in [0.1, 0.15) is 0 Å². The summed E-state index contributed by atoms with van der Waals surface area (Å²) in [5, 5.41) is 7.14. The van der Waals surface area contributed by atoms with E-state index in [0.29, 0.717) is 11.5 Å². The maximum Gasteiger partial charge on any atom is 0.0467 e. The van der Waals surface area contributed by atoms with E-state index in [2.05, 4.69) is 31.4 Å². The quantitative estimate of drug-likeness (QED) is 0.695. The fourth-order valence-electron chi connectivity index (χ4n) is 2.20. The highest BCUT2D eigenvalue weighted by molar-refractivity contribution is 4.83. The Balaban J connectivity index is 2.13. The van der Waals surface area contributed by atoms with Crippen LogP contribution in [0.15, 0.2) is 0 Å². The number of hydrogen-bond acceptors (Lipinski definition) is 3. The number of nitrogens with one attached hydrogen (secondary N) is 2. The summed E-state index contributed by atoms with van der Waals surface area (Å²) in [6.45, 7) is 11.1. The fraction of sp³-hybridized carbons (Fsp3) is 1.00. The normalized spacial score (nSPS) is 26.2. The van der Waals surface area contributed by atoms with Crippen molar-refractivity contribution in [2.24, 2.45) is 11.3 Å². The molecule has 2 N–H and O–H groups in total. The van der Waals surface area contributed by atoms with E-state index >= 15 is 0 Å². The molecule has 0 aromatic rings. The smallest absolute Gasteiger partial charge is 0.0467 e. The highest BCUT2D eigenvalue weighted by atomic mass is 16.5. The minimum atomic E-state index is 0.331. The lowest BCUT2D eigenvalue weighted by molar-refractivity contribution is 0.150. The molecule has 2 atom stereocenters. The molecule has 3 heteroatoms. The van der Waals surface area contributed by atoms with Crippen molar-refractivity contribution < 1.29 is 4.74 Å². The molecule has 0 saturated carbocycles. The van der Waals surface area contributed by atoms with Crippen molar-refractivity contribution in [3.63, 3.8) is 0 Å². The molecule has 1 heterocycles. The second-order valence-electron chi connectivity index (χ2n) is 5.86. The Morgan fingerprint density at radius 1 is 1.44 bits per heavy atom. The van der Waals surface area contributed by atoms with E-state index in [1.807, 2.05) is 0 Å². The number of hydrogen-bond donors (Lipinski definition) is 2. The van der Waals surface area contributed by atoms with Crippen molar-refractivity contribution in [2.75, 3.05) is 33.4 Å². The Bertz CT molecular complexity index is 194. The molecule has 96 valence electrons. The maximum atomic E-state index is 5.13. The lowest BCUT2D eigenvalue weighted by Crippen LogP contribution is -2.41. The molecule has 1 fully saturated rings. The molecule has 0 aliphatic carbocycles. The van der Waals surface area contributed by atoms with Gasteiger partial charge in [-0.05, 0) is 30.7 Å². The highest BCUT2D eigenvalue weighted by Gasteiger charge is 2.23. The van der Waals surface area contributed by atoms with E-state index in [1.54, 1.807) is 7.11 Å². The zero-order valence-corrected chi connectivity index (χ0v) is 11.3. The van der Waals surface area contributed by atoms with Gasteiger partial charge in [-0.2, -0.15) is 0 Å². The van der Waals surface area contributed by atoms with Crippen molar-refractivity contribution in [1.29, 1.82) is 0 Å². The lowest BCUT2D eigenvalue weighted by atomic mass is 9.89. The first kappa shape index (κ1) is 13.9. The standard InChI is InChI=1S/C13H28N2O/c1-11-5-7-15-12(11)9-14-10-13(2,3)6-8-16-4/h11-12,14-15H,5-10H2,1-4H3. The molecule has 0 aromatic heterocycles. The van der Waals surface area contributed by atoms with Crippen molar-refractivity contribution >= 4 is 0 Å². The first-order valence-electron chi connectivity index (χ1n) is 6.48. The first-order chi connectivity index (χ1) is 7.55. The average molecular weight is 228 g/mol. The first-order valence-corrected chi connectivity index (χ1v) is 6.48. The Morgan fingerprint density at radius 3 is 2.75 bits per heavy atom. The van der Waals surface area contributed by atoms with Crippen LogP contribution in [0, 0.1) is 11.3 Å². The van der Waals surface area contributed by atoms with Crippen molar-refractivity contribution in [3.8, 4) is 0 Å². The predicted octanol–water partition coefficient (Wildman–Crippen LogP) is 1.64. The summed E-state index contributed by atoms with van der Waals surface area (Å²) in [6, 6.07) is 0.665. The largest absolute Gasteiger partial charge is 0.385 e. The average Bonchev–Trinajstić information content (AvgIpc) is 2.62. The summed E-state index contributed by atoms with van der Waals surface area (Å²) >= 11 is 0. The maximum absolute atomic E-state index is 5.13. The van der Waals surface area contributed by atoms with Crippen LogP contribution in [-0.2, 0) is 4.74 Å². The van der Waals surface area contributed by atoms with E-state index < -0.39 is 0 Å². The van der Waals surface area contributed by atoms with Gasteiger partial charge in [0.05, 0.1) is 0 Å². The minimum absolute atomic E-state index is 0.331. The molecule has 1 aliphatic rings. The third kappa shape index (κ3) is 4.81. The topological polar surface area (TPSA) is 33.3 Å². The second-order valence-corrected chi connectivity index (χ2v) is 5.86. The molecule has 0 amide bonds. The van der Waals surface area contributed by atoms with E-state index in [4.69, 9.17) is 4.74 Å². The van der Waals surface area contributed by atoms with E-state index in [9.17, 15) is 0 Å². The van der Waals surface area contributed by atoms with Crippen LogP contribution in [0.1, 0.15) is 33.6 Å². The second kappa shape index (κ2) is 6.58. The molecule has 0 spiro atoms. The lowest BCUT2D eigenvalue weighted by Gasteiger charge is -2.26. The third-order valence-electron chi connectivity index (χ3n) is 3.64. The monoisotopic (exact) mass is 228 g/mol. The predicted molar refractivity (Wildman–Crippen MR) is 68.7 cm³/mol.